The van der Waals surface area contributed by atoms with Crippen molar-refractivity contribution >= 4 is 34.8 Å². The Balaban J connectivity index is 1.72. The lowest BCUT2D eigenvalue weighted by atomic mass is 10.00. The minimum absolute atomic E-state index is 0.0377. The van der Waals surface area contributed by atoms with E-state index in [1.807, 2.05) is 26.1 Å². The molecular formula is C27H32N4O3S2. The van der Waals surface area contributed by atoms with Gasteiger partial charge < -0.3 is 4.74 Å². The summed E-state index contributed by atoms with van der Waals surface area (Å²) in [6.07, 6.45) is 15.3. The number of amides is 1. The fraction of sp³-hybridized carbons (Fsp3) is 0.444. The van der Waals surface area contributed by atoms with Crippen LogP contribution in [0, 0.1) is 16.2 Å². The number of rotatable bonds is 12. The van der Waals surface area contributed by atoms with E-state index in [4.69, 9.17) is 4.74 Å². The normalized spacial score (nSPS) is 18.4. The first-order valence-electron chi connectivity index (χ1n) is 12.2. The molecule has 0 bridgehead atoms. The van der Waals surface area contributed by atoms with E-state index >= 15 is 0 Å². The van der Waals surface area contributed by atoms with Gasteiger partial charge in [-0.15, -0.1) is 16.2 Å². The Kier molecular flexibility index (Phi) is 10.9. The third-order valence-corrected chi connectivity index (χ3v) is 7.80. The number of nitrogens with one attached hydrogen (secondary N) is 1. The smallest absolute Gasteiger partial charge is 0.287 e. The third kappa shape index (κ3) is 7.60. The van der Waals surface area contributed by atoms with Crippen molar-refractivity contribution in [3.63, 3.8) is 0 Å². The van der Waals surface area contributed by atoms with Gasteiger partial charge in [-0.3, -0.25) is 9.52 Å². The van der Waals surface area contributed by atoms with Gasteiger partial charge in [0.2, 0.25) is 0 Å². The lowest BCUT2D eigenvalue weighted by Gasteiger charge is -2.14. The van der Waals surface area contributed by atoms with Crippen LogP contribution in [0.2, 0.25) is 0 Å². The minimum Gasteiger partial charge on any atom is -0.490 e. The molecule has 2 aliphatic carbocycles. The quantitative estimate of drug-likeness (QED) is 0.0822. The van der Waals surface area contributed by atoms with E-state index in [2.05, 4.69) is 33.6 Å². The zero-order valence-electron chi connectivity index (χ0n) is 20.8. The summed E-state index contributed by atoms with van der Waals surface area (Å²) in [4.78, 5) is 27.2. The van der Waals surface area contributed by atoms with Crippen molar-refractivity contribution in [3.8, 4) is 6.07 Å². The van der Waals surface area contributed by atoms with Gasteiger partial charge in [0.1, 0.15) is 11.8 Å². The monoisotopic (exact) mass is 524 g/mol. The van der Waals surface area contributed by atoms with Gasteiger partial charge in [0.25, 0.3) is 5.91 Å². The van der Waals surface area contributed by atoms with Crippen molar-refractivity contribution in [2.45, 2.75) is 70.9 Å². The topological polar surface area (TPSA) is 104 Å². The molecule has 1 atom stereocenters. The summed E-state index contributed by atoms with van der Waals surface area (Å²) < 4.78 is 9.26. The van der Waals surface area contributed by atoms with Crippen LogP contribution in [-0.2, 0) is 16.0 Å². The molecule has 190 valence electrons. The summed E-state index contributed by atoms with van der Waals surface area (Å²) in [6.45, 7) is 7.58. The lowest BCUT2D eigenvalue weighted by Crippen LogP contribution is -2.22. The molecule has 3 rings (SSSR count). The number of aromatic nitrogens is 1. The van der Waals surface area contributed by atoms with Crippen LogP contribution in [0.1, 0.15) is 62.3 Å². The highest BCUT2D eigenvalue weighted by molar-refractivity contribution is 7.97. The molecule has 1 aromatic rings. The lowest BCUT2D eigenvalue weighted by molar-refractivity contribution is -0.117. The van der Waals surface area contributed by atoms with E-state index in [-0.39, 0.29) is 18.6 Å². The van der Waals surface area contributed by atoms with Gasteiger partial charge in [-0.25, -0.2) is 4.98 Å². The van der Waals surface area contributed by atoms with Crippen molar-refractivity contribution in [1.82, 2.24) is 9.71 Å². The maximum absolute atomic E-state index is 11.1. The van der Waals surface area contributed by atoms with Crippen molar-refractivity contribution in [3.05, 3.63) is 74.4 Å². The second kappa shape index (κ2) is 14.1. The van der Waals surface area contributed by atoms with Gasteiger partial charge in [-0.2, -0.15) is 5.26 Å². The number of nitriles is 1. The van der Waals surface area contributed by atoms with Crippen molar-refractivity contribution in [2.24, 2.45) is 5.18 Å². The van der Waals surface area contributed by atoms with Crippen molar-refractivity contribution in [2.75, 3.05) is 5.75 Å². The van der Waals surface area contributed by atoms with Gasteiger partial charge in [0.15, 0.2) is 0 Å². The average molecular weight is 525 g/mol. The molecule has 1 fully saturated rings. The molecule has 0 aliphatic heterocycles. The van der Waals surface area contributed by atoms with E-state index in [9.17, 15) is 15.0 Å². The van der Waals surface area contributed by atoms with Gasteiger partial charge in [0.05, 0.1) is 21.6 Å². The minimum atomic E-state index is -0.606. The predicted octanol–water partition coefficient (Wildman–Crippen LogP) is 6.58. The fourth-order valence-electron chi connectivity index (χ4n) is 4.30. The SMILES string of the molecule is C=C/C=C(OC(C)C)\C(C#N)=C/Cc1ncc(C2=C3CCC(NSCCC(=O)N=O)C3=CCCC2)s1. The Hall–Kier alpha value is -2.80. The molecule has 9 heteroatoms. The van der Waals surface area contributed by atoms with Crippen LogP contribution in [0.25, 0.3) is 5.57 Å². The van der Waals surface area contributed by atoms with Gasteiger partial charge >= 0.3 is 0 Å². The standard InChI is InChI=1S/C27H32N4O3S2/c1-4-7-24(34-18(2)3)19(16-28)10-13-27-29-17-25(36-27)22-9-6-5-8-21-20(22)11-12-23(21)31-35-15-14-26(32)30-33/h4,7-8,10,17-18,23,31H,1,5-6,9,11-15H2,2-3H3/b19-10-,24-7+. The number of allylic oxidation sites excluding steroid dienone is 6. The highest BCUT2D eigenvalue weighted by Crippen LogP contribution is 2.43. The number of carbonyl (C=O) groups is 1. The molecule has 36 heavy (non-hydrogen) atoms. The Labute approximate surface area is 221 Å². The highest BCUT2D eigenvalue weighted by Gasteiger charge is 2.29. The number of hydrogen-bond donors (Lipinski definition) is 1. The molecule has 1 amide bonds. The molecule has 7 nitrogen and oxygen atoms in total. The van der Waals surface area contributed by atoms with E-state index in [0.717, 1.165) is 37.1 Å². The summed E-state index contributed by atoms with van der Waals surface area (Å²) in [5, 5.41) is 13.1. The molecule has 1 saturated carbocycles. The van der Waals surface area contributed by atoms with E-state index < -0.39 is 5.91 Å². The van der Waals surface area contributed by atoms with Crippen LogP contribution < -0.4 is 4.72 Å². The molecule has 2 aliphatic rings. The van der Waals surface area contributed by atoms with Gasteiger partial charge in [-0.1, -0.05) is 36.8 Å². The Morgan fingerprint density at radius 3 is 3.00 bits per heavy atom. The first-order valence-corrected chi connectivity index (χ1v) is 14.0. The summed E-state index contributed by atoms with van der Waals surface area (Å²) in [6, 6.07) is 2.48. The van der Waals surface area contributed by atoms with Crippen LogP contribution in [0.4, 0.5) is 0 Å². The van der Waals surface area contributed by atoms with Crippen LogP contribution >= 0.6 is 23.3 Å². The number of nitroso groups, excluding NO2 is 1. The fourth-order valence-corrected chi connectivity index (χ4v) is 6.12. The molecule has 0 aromatic carbocycles. The molecular weight excluding hydrogens is 492 g/mol. The number of fused-ring (bicyclic) bond motifs is 1. The molecule has 1 unspecified atom stereocenters. The van der Waals surface area contributed by atoms with E-state index in [1.54, 1.807) is 23.5 Å². The molecule has 1 N–H and O–H groups in total. The van der Waals surface area contributed by atoms with Crippen LogP contribution in [-0.4, -0.2) is 28.8 Å². The second-order valence-corrected chi connectivity index (χ2v) is 10.8. The van der Waals surface area contributed by atoms with Crippen molar-refractivity contribution < 1.29 is 9.53 Å². The van der Waals surface area contributed by atoms with E-state index in [0.29, 0.717) is 23.5 Å². The third-order valence-electron chi connectivity index (χ3n) is 5.86. The maximum atomic E-state index is 11.1. The molecule has 1 aromatic heterocycles. The van der Waals surface area contributed by atoms with Gasteiger partial charge in [-0.05, 0) is 68.7 Å². The average Bonchev–Trinajstić information content (AvgIpc) is 3.43. The first kappa shape index (κ1) is 27.8. The van der Waals surface area contributed by atoms with E-state index in [1.165, 1.54) is 33.5 Å². The Morgan fingerprint density at radius 1 is 1.44 bits per heavy atom. The molecule has 0 radical (unpaired) electrons. The van der Waals surface area contributed by atoms with Crippen molar-refractivity contribution in [1.29, 1.82) is 5.26 Å². The largest absolute Gasteiger partial charge is 0.490 e. The molecule has 0 saturated heterocycles. The summed E-state index contributed by atoms with van der Waals surface area (Å²) >= 11 is 3.17. The molecule has 0 spiro atoms. The van der Waals surface area contributed by atoms with Crippen LogP contribution in [0.15, 0.2) is 64.7 Å². The number of hydrogen-bond acceptors (Lipinski definition) is 8. The molecule has 1 heterocycles. The highest BCUT2D eigenvalue weighted by atomic mass is 32.2. The first-order chi connectivity index (χ1) is 17.5. The van der Waals surface area contributed by atoms with Crippen LogP contribution in [0.3, 0.4) is 0 Å². The Bertz CT molecular complexity index is 1140. The second-order valence-electron chi connectivity index (χ2n) is 8.79. The summed E-state index contributed by atoms with van der Waals surface area (Å²) in [5.74, 6) is 0.449. The number of thiazole rings is 1. The van der Waals surface area contributed by atoms with Crippen LogP contribution in [0.5, 0.6) is 0 Å². The number of carbonyl (C=O) groups excluding carboxylic acids is 1. The maximum Gasteiger partial charge on any atom is 0.287 e. The Morgan fingerprint density at radius 2 is 2.28 bits per heavy atom. The van der Waals surface area contributed by atoms with Gasteiger partial charge in [0, 0.05) is 36.0 Å². The number of nitrogens with zero attached hydrogens (tertiary/aromatic N) is 3. The number of ether oxygens (including phenoxy) is 1. The predicted molar refractivity (Wildman–Crippen MR) is 147 cm³/mol. The zero-order chi connectivity index (χ0) is 25.9. The zero-order valence-corrected chi connectivity index (χ0v) is 22.4. The summed E-state index contributed by atoms with van der Waals surface area (Å²) in [5.41, 5.74) is 4.61. The summed E-state index contributed by atoms with van der Waals surface area (Å²) in [7, 11) is 0.